The van der Waals surface area contributed by atoms with E-state index in [1.165, 1.54) is 0 Å². The fourth-order valence-electron chi connectivity index (χ4n) is 4.64. The average molecular weight is 519 g/mol. The normalized spacial score (nSPS) is 14.1. The Hall–Kier alpha value is -3.06. The zero-order valence-corrected chi connectivity index (χ0v) is 22.4. The van der Waals surface area contributed by atoms with E-state index in [9.17, 15) is 9.59 Å². The van der Waals surface area contributed by atoms with Crippen molar-refractivity contribution in [3.05, 3.63) is 70.2 Å². The lowest BCUT2D eigenvalue weighted by molar-refractivity contribution is -0.138. The number of Topliss-reactive ketones (excluding diaryl/α,β-unsaturated/α-hetero) is 1. The molecule has 184 valence electrons. The molecule has 0 spiro atoms. The smallest absolute Gasteiger partial charge is 0.228 e. The lowest BCUT2D eigenvalue weighted by Gasteiger charge is -2.29. The number of ketones is 1. The first kappa shape index (κ1) is 24.6. The molecule has 36 heavy (non-hydrogen) atoms. The van der Waals surface area contributed by atoms with Crippen LogP contribution in [0.3, 0.4) is 0 Å². The minimum atomic E-state index is -0.720. The van der Waals surface area contributed by atoms with Crippen molar-refractivity contribution in [2.75, 3.05) is 5.32 Å². The molecule has 0 unspecified atom stereocenters. The lowest BCUT2D eigenvalue weighted by atomic mass is 9.90. The summed E-state index contributed by atoms with van der Waals surface area (Å²) < 4.78 is 7.30. The summed E-state index contributed by atoms with van der Waals surface area (Å²) in [5.41, 5.74) is 6.82. The van der Waals surface area contributed by atoms with E-state index in [1.807, 2.05) is 76.2 Å². The van der Waals surface area contributed by atoms with E-state index in [0.29, 0.717) is 11.4 Å². The Balaban J connectivity index is 1.75. The minimum Gasteiger partial charge on any atom is -0.360 e. The fraction of sp³-hybridized carbons (Fsp3) is 0.276. The Morgan fingerprint density at radius 3 is 2.47 bits per heavy atom. The maximum Gasteiger partial charge on any atom is 0.228 e. The number of hydrogen-bond acceptors (Lipinski definition) is 5. The van der Waals surface area contributed by atoms with Gasteiger partial charge in [0.05, 0.1) is 22.2 Å². The molecule has 1 amide bonds. The van der Waals surface area contributed by atoms with Crippen molar-refractivity contribution in [1.82, 2.24) is 4.98 Å². The predicted molar refractivity (Wildman–Crippen MR) is 147 cm³/mol. The number of thiazole rings is 1. The van der Waals surface area contributed by atoms with Crippen molar-refractivity contribution in [2.45, 2.75) is 52.7 Å². The predicted octanol–water partition coefficient (Wildman–Crippen LogP) is 7.53. The Labute approximate surface area is 219 Å². The van der Waals surface area contributed by atoms with Gasteiger partial charge in [0.25, 0.3) is 0 Å². The van der Waals surface area contributed by atoms with Crippen molar-refractivity contribution in [3.63, 3.8) is 0 Å². The number of carbonyl (C=O) groups excluding carboxylic acids is 2. The van der Waals surface area contributed by atoms with Crippen molar-refractivity contribution < 1.29 is 14.3 Å². The van der Waals surface area contributed by atoms with Crippen molar-refractivity contribution in [3.8, 4) is 21.7 Å². The van der Waals surface area contributed by atoms with E-state index >= 15 is 0 Å². The van der Waals surface area contributed by atoms with Crippen LogP contribution in [-0.2, 0) is 20.7 Å². The van der Waals surface area contributed by atoms with Crippen LogP contribution in [0.2, 0.25) is 5.02 Å². The van der Waals surface area contributed by atoms with E-state index in [0.717, 1.165) is 54.3 Å². The Kier molecular flexibility index (Phi) is 6.23. The van der Waals surface area contributed by atoms with E-state index in [-0.39, 0.29) is 11.7 Å². The molecule has 0 saturated carbocycles. The number of amides is 1. The summed E-state index contributed by atoms with van der Waals surface area (Å²) in [7, 11) is 0. The molecule has 0 saturated heterocycles. The van der Waals surface area contributed by atoms with Crippen LogP contribution in [0, 0.1) is 6.92 Å². The average Bonchev–Trinajstić information content (AvgIpc) is 3.38. The van der Waals surface area contributed by atoms with Crippen LogP contribution in [0.5, 0.6) is 0 Å². The van der Waals surface area contributed by atoms with Crippen molar-refractivity contribution >= 4 is 50.5 Å². The monoisotopic (exact) mass is 518 g/mol. The number of aromatic nitrogens is 1. The number of ether oxygens (including phenoxy) is 1. The highest BCUT2D eigenvalue weighted by Crippen LogP contribution is 2.45. The third kappa shape index (κ3) is 4.69. The summed E-state index contributed by atoms with van der Waals surface area (Å²) in [6.45, 7) is 9.44. The van der Waals surface area contributed by atoms with Gasteiger partial charge in [-0.05, 0) is 87.7 Å². The van der Waals surface area contributed by atoms with Crippen LogP contribution in [0.25, 0.3) is 31.9 Å². The number of nitrogens with zero attached hydrogens (tertiary/aromatic N) is 1. The highest BCUT2D eigenvalue weighted by molar-refractivity contribution is 7.22. The second-order valence-electron chi connectivity index (χ2n) is 10.2. The summed E-state index contributed by atoms with van der Waals surface area (Å²) in [5.74, 6) is -0.0472. The molecule has 1 aromatic heterocycles. The number of fused-ring (bicyclic) bond motifs is 2. The summed E-state index contributed by atoms with van der Waals surface area (Å²) in [5, 5.41) is 4.38. The summed E-state index contributed by atoms with van der Waals surface area (Å²) in [4.78, 5) is 29.7. The van der Waals surface area contributed by atoms with Crippen LogP contribution in [0.4, 0.5) is 5.69 Å². The van der Waals surface area contributed by atoms with E-state index in [4.69, 9.17) is 21.3 Å². The molecule has 0 bridgehead atoms. The highest BCUT2D eigenvalue weighted by Gasteiger charge is 2.30. The second kappa shape index (κ2) is 9.11. The molecule has 1 N–H and O–H groups in total. The second-order valence-corrected chi connectivity index (χ2v) is 11.6. The Morgan fingerprint density at radius 2 is 1.81 bits per heavy atom. The molecule has 0 fully saturated rings. The number of benzene rings is 3. The first-order valence-electron chi connectivity index (χ1n) is 11.8. The fourth-order valence-corrected chi connectivity index (χ4v) is 5.88. The molecule has 2 heterocycles. The van der Waals surface area contributed by atoms with Gasteiger partial charge in [-0.3, -0.25) is 9.59 Å². The number of carbonyl (C=O) groups is 2. The van der Waals surface area contributed by atoms with Gasteiger partial charge in [-0.1, -0.05) is 23.7 Å². The molecule has 4 aromatic rings. The number of aryl methyl sites for hydroxylation is 1. The van der Waals surface area contributed by atoms with Gasteiger partial charge in [-0.2, -0.15) is 0 Å². The van der Waals surface area contributed by atoms with Crippen LogP contribution >= 0.6 is 22.9 Å². The van der Waals surface area contributed by atoms with Crippen molar-refractivity contribution in [1.29, 1.82) is 0 Å². The summed E-state index contributed by atoms with van der Waals surface area (Å²) in [6.07, 6.45) is -0.347. The van der Waals surface area contributed by atoms with Crippen molar-refractivity contribution in [2.24, 2.45) is 0 Å². The number of hydrogen-bond donors (Lipinski definition) is 1. The molecule has 0 radical (unpaired) electrons. The first-order valence-corrected chi connectivity index (χ1v) is 13.0. The van der Waals surface area contributed by atoms with Gasteiger partial charge in [0.1, 0.15) is 11.1 Å². The number of rotatable bonds is 5. The van der Waals surface area contributed by atoms with E-state index in [2.05, 4.69) is 5.32 Å². The Bertz CT molecular complexity index is 1520. The zero-order valence-electron chi connectivity index (χ0n) is 20.9. The molecule has 0 aliphatic carbocycles. The molecule has 5 nitrogen and oxygen atoms in total. The molecular weight excluding hydrogens is 492 g/mol. The largest absolute Gasteiger partial charge is 0.360 e. The number of halogens is 1. The van der Waals surface area contributed by atoms with Gasteiger partial charge in [0.15, 0.2) is 5.78 Å². The molecule has 3 aromatic carbocycles. The van der Waals surface area contributed by atoms with Gasteiger partial charge in [0, 0.05) is 27.4 Å². The molecule has 1 aliphatic rings. The Morgan fingerprint density at radius 1 is 1.11 bits per heavy atom. The van der Waals surface area contributed by atoms with Crippen LogP contribution in [-0.4, -0.2) is 22.3 Å². The molecule has 7 heteroatoms. The third-order valence-corrected chi connectivity index (χ3v) is 7.53. The summed E-state index contributed by atoms with van der Waals surface area (Å²) >= 11 is 7.79. The van der Waals surface area contributed by atoms with Crippen LogP contribution in [0.1, 0.15) is 50.5 Å². The van der Waals surface area contributed by atoms with Crippen LogP contribution < -0.4 is 5.32 Å². The van der Waals surface area contributed by atoms with E-state index in [1.54, 1.807) is 18.3 Å². The maximum atomic E-state index is 12.9. The standard InChI is InChI=1S/C29H27ClN2O3S/c1-15-12-22-27(36-28(32-22)18-8-11-21-19(13-18)14-23(34)31-21)25(17-6-9-20(30)10-7-17)24(15)26(16(2)33)35-29(3,4)5/h6-13,26H,14H2,1-5H3,(H,31,34)/t26-/m1/s1. The molecule has 5 rings (SSSR count). The molecule has 1 atom stereocenters. The maximum absolute atomic E-state index is 12.9. The molecule has 1 aliphatic heterocycles. The third-order valence-electron chi connectivity index (χ3n) is 6.14. The van der Waals surface area contributed by atoms with Gasteiger partial charge in [-0.25, -0.2) is 4.98 Å². The van der Waals surface area contributed by atoms with Gasteiger partial charge in [-0.15, -0.1) is 11.3 Å². The minimum absolute atomic E-state index is 0.00543. The van der Waals surface area contributed by atoms with Gasteiger partial charge in [0.2, 0.25) is 5.91 Å². The summed E-state index contributed by atoms with van der Waals surface area (Å²) in [6, 6.07) is 15.6. The number of anilines is 1. The quantitative estimate of drug-likeness (QED) is 0.296. The topological polar surface area (TPSA) is 68.3 Å². The van der Waals surface area contributed by atoms with Gasteiger partial charge >= 0.3 is 0 Å². The van der Waals surface area contributed by atoms with E-state index < -0.39 is 11.7 Å². The molecular formula is C29H27ClN2O3S. The number of nitrogens with one attached hydrogen (secondary N) is 1. The first-order chi connectivity index (χ1) is 17.0. The van der Waals surface area contributed by atoms with Crippen LogP contribution in [0.15, 0.2) is 48.5 Å². The zero-order chi connectivity index (χ0) is 25.8. The lowest BCUT2D eigenvalue weighted by Crippen LogP contribution is -2.27. The van der Waals surface area contributed by atoms with Gasteiger partial charge < -0.3 is 10.1 Å². The SMILES string of the molecule is CC(=O)[C@@H](OC(C)(C)C)c1c(C)cc2nc(-c3ccc4c(c3)CC(=O)N4)sc2c1-c1ccc(Cl)cc1. The highest BCUT2D eigenvalue weighted by atomic mass is 35.5.